The number of aromatic nitrogens is 3. The maximum absolute atomic E-state index is 6.15. The SMILES string of the molecule is Cc1cc(Cl)cc(C)c1Nc1cc(-c2ccccn2)nc(NC2CC2)n1. The molecular weight excluding hydrogens is 346 g/mol. The maximum Gasteiger partial charge on any atom is 0.225 e. The van der Waals surface area contributed by atoms with E-state index in [0.29, 0.717) is 12.0 Å². The quantitative estimate of drug-likeness (QED) is 0.656. The van der Waals surface area contributed by atoms with Crippen molar-refractivity contribution >= 4 is 29.1 Å². The molecule has 1 saturated carbocycles. The summed E-state index contributed by atoms with van der Waals surface area (Å²) in [6, 6.07) is 12.1. The lowest BCUT2D eigenvalue weighted by atomic mass is 10.1. The molecule has 6 heteroatoms. The van der Waals surface area contributed by atoms with Crippen LogP contribution < -0.4 is 10.6 Å². The van der Waals surface area contributed by atoms with Crippen LogP contribution in [0.4, 0.5) is 17.5 Å². The van der Waals surface area contributed by atoms with E-state index in [1.54, 1.807) is 6.20 Å². The molecule has 26 heavy (non-hydrogen) atoms. The van der Waals surface area contributed by atoms with Gasteiger partial charge in [0.15, 0.2) is 0 Å². The van der Waals surface area contributed by atoms with Crippen molar-refractivity contribution in [3.8, 4) is 11.4 Å². The van der Waals surface area contributed by atoms with Gasteiger partial charge in [-0.1, -0.05) is 17.7 Å². The Labute approximate surface area is 157 Å². The van der Waals surface area contributed by atoms with Crippen LogP contribution in [-0.2, 0) is 0 Å². The number of anilines is 3. The van der Waals surface area contributed by atoms with E-state index in [1.807, 2.05) is 50.2 Å². The predicted molar refractivity (Wildman–Crippen MR) is 106 cm³/mol. The molecule has 0 bridgehead atoms. The summed E-state index contributed by atoms with van der Waals surface area (Å²) in [7, 11) is 0. The van der Waals surface area contributed by atoms with Crippen LogP contribution >= 0.6 is 11.6 Å². The normalized spacial score (nSPS) is 13.5. The molecule has 1 aliphatic rings. The molecule has 0 spiro atoms. The third kappa shape index (κ3) is 3.78. The molecule has 2 aromatic heterocycles. The molecule has 132 valence electrons. The van der Waals surface area contributed by atoms with Gasteiger partial charge >= 0.3 is 0 Å². The van der Waals surface area contributed by atoms with Crippen LogP contribution in [0.25, 0.3) is 11.4 Å². The second-order valence-electron chi connectivity index (χ2n) is 6.64. The van der Waals surface area contributed by atoms with Gasteiger partial charge in [0.2, 0.25) is 5.95 Å². The highest BCUT2D eigenvalue weighted by atomic mass is 35.5. The van der Waals surface area contributed by atoms with Gasteiger partial charge < -0.3 is 10.6 Å². The Morgan fingerprint density at radius 2 is 1.77 bits per heavy atom. The summed E-state index contributed by atoms with van der Waals surface area (Å²) in [5.74, 6) is 1.36. The van der Waals surface area contributed by atoms with E-state index >= 15 is 0 Å². The number of benzene rings is 1. The molecule has 2 N–H and O–H groups in total. The van der Waals surface area contributed by atoms with E-state index in [1.165, 1.54) is 0 Å². The van der Waals surface area contributed by atoms with Gasteiger partial charge in [-0.25, -0.2) is 4.98 Å². The molecule has 0 atom stereocenters. The van der Waals surface area contributed by atoms with Crippen molar-refractivity contribution in [3.63, 3.8) is 0 Å². The smallest absolute Gasteiger partial charge is 0.225 e. The fourth-order valence-corrected chi connectivity index (χ4v) is 3.19. The zero-order chi connectivity index (χ0) is 18.1. The Morgan fingerprint density at radius 1 is 1.00 bits per heavy atom. The standard InChI is InChI=1S/C20H20ClN5/c1-12-9-14(21)10-13(2)19(12)25-18-11-17(16-5-3-4-8-22-16)24-20(26-18)23-15-6-7-15/h3-5,8-11,15H,6-7H2,1-2H3,(H2,23,24,25,26). The van der Waals surface area contributed by atoms with Crippen LogP contribution in [-0.4, -0.2) is 21.0 Å². The van der Waals surface area contributed by atoms with Gasteiger partial charge in [-0.15, -0.1) is 0 Å². The molecule has 1 aliphatic carbocycles. The highest BCUT2D eigenvalue weighted by molar-refractivity contribution is 6.30. The Bertz CT molecular complexity index is 915. The highest BCUT2D eigenvalue weighted by Crippen LogP contribution is 2.30. The zero-order valence-corrected chi connectivity index (χ0v) is 15.5. The van der Waals surface area contributed by atoms with Crippen LogP contribution in [0.2, 0.25) is 5.02 Å². The Balaban J connectivity index is 1.73. The van der Waals surface area contributed by atoms with Gasteiger partial charge in [-0.05, 0) is 62.1 Å². The molecule has 0 aliphatic heterocycles. The van der Waals surface area contributed by atoms with E-state index in [4.69, 9.17) is 11.6 Å². The van der Waals surface area contributed by atoms with Gasteiger partial charge in [0.25, 0.3) is 0 Å². The van der Waals surface area contributed by atoms with Crippen molar-refractivity contribution in [2.75, 3.05) is 10.6 Å². The van der Waals surface area contributed by atoms with E-state index in [9.17, 15) is 0 Å². The molecule has 4 rings (SSSR count). The van der Waals surface area contributed by atoms with Crippen LogP contribution in [0.3, 0.4) is 0 Å². The molecule has 5 nitrogen and oxygen atoms in total. The van der Waals surface area contributed by atoms with Crippen molar-refractivity contribution in [3.05, 3.63) is 58.7 Å². The molecule has 2 heterocycles. The summed E-state index contributed by atoms with van der Waals surface area (Å²) in [5, 5.41) is 7.55. The van der Waals surface area contributed by atoms with E-state index in [2.05, 4.69) is 25.6 Å². The number of pyridine rings is 1. The molecular formula is C20H20ClN5. The number of rotatable bonds is 5. The molecule has 3 aromatic rings. The zero-order valence-electron chi connectivity index (χ0n) is 14.8. The predicted octanol–water partition coefficient (Wildman–Crippen LogP) is 5.13. The summed E-state index contributed by atoms with van der Waals surface area (Å²) < 4.78 is 0. The van der Waals surface area contributed by atoms with Gasteiger partial charge in [-0.2, -0.15) is 4.98 Å². The summed E-state index contributed by atoms with van der Waals surface area (Å²) >= 11 is 6.15. The Morgan fingerprint density at radius 3 is 2.42 bits per heavy atom. The number of nitrogens with one attached hydrogen (secondary N) is 2. The molecule has 1 aromatic carbocycles. The van der Waals surface area contributed by atoms with Crippen molar-refractivity contribution in [2.24, 2.45) is 0 Å². The van der Waals surface area contributed by atoms with Crippen LogP contribution in [0.5, 0.6) is 0 Å². The third-order valence-corrected chi connectivity index (χ3v) is 4.53. The molecule has 0 amide bonds. The topological polar surface area (TPSA) is 62.7 Å². The van der Waals surface area contributed by atoms with Gasteiger partial charge in [0, 0.05) is 29.0 Å². The largest absolute Gasteiger partial charge is 0.351 e. The monoisotopic (exact) mass is 365 g/mol. The first kappa shape index (κ1) is 16.8. The number of halogens is 1. The van der Waals surface area contributed by atoms with Crippen LogP contribution in [0.15, 0.2) is 42.6 Å². The average Bonchev–Trinajstić information content (AvgIpc) is 3.43. The average molecular weight is 366 g/mol. The second kappa shape index (κ2) is 6.92. The number of nitrogens with zero attached hydrogens (tertiary/aromatic N) is 3. The minimum absolute atomic E-state index is 0.473. The molecule has 0 unspecified atom stereocenters. The molecule has 0 saturated heterocycles. The molecule has 1 fully saturated rings. The lowest BCUT2D eigenvalue weighted by Crippen LogP contribution is -2.08. The lowest BCUT2D eigenvalue weighted by molar-refractivity contribution is 1.05. The summed E-state index contributed by atoms with van der Waals surface area (Å²) in [6.07, 6.45) is 4.09. The first-order valence-corrected chi connectivity index (χ1v) is 9.07. The van der Waals surface area contributed by atoms with E-state index in [-0.39, 0.29) is 0 Å². The van der Waals surface area contributed by atoms with Crippen molar-refractivity contribution in [2.45, 2.75) is 32.7 Å². The number of hydrogen-bond acceptors (Lipinski definition) is 5. The van der Waals surface area contributed by atoms with Crippen LogP contribution in [0.1, 0.15) is 24.0 Å². The third-order valence-electron chi connectivity index (χ3n) is 4.31. The van der Waals surface area contributed by atoms with Gasteiger partial charge in [0.05, 0.1) is 11.4 Å². The molecule has 0 radical (unpaired) electrons. The van der Waals surface area contributed by atoms with Crippen molar-refractivity contribution in [1.29, 1.82) is 0 Å². The summed E-state index contributed by atoms with van der Waals surface area (Å²) in [5.41, 5.74) is 4.77. The lowest BCUT2D eigenvalue weighted by Gasteiger charge is -2.15. The Hall–Kier alpha value is -2.66. The number of aryl methyl sites for hydroxylation is 2. The highest BCUT2D eigenvalue weighted by Gasteiger charge is 2.22. The number of hydrogen-bond donors (Lipinski definition) is 2. The minimum atomic E-state index is 0.473. The minimum Gasteiger partial charge on any atom is -0.351 e. The van der Waals surface area contributed by atoms with Crippen LogP contribution in [0, 0.1) is 13.8 Å². The van der Waals surface area contributed by atoms with Crippen molar-refractivity contribution < 1.29 is 0 Å². The Kier molecular flexibility index (Phi) is 4.47. The van der Waals surface area contributed by atoms with E-state index < -0.39 is 0 Å². The maximum atomic E-state index is 6.15. The van der Waals surface area contributed by atoms with E-state index in [0.717, 1.165) is 51.9 Å². The van der Waals surface area contributed by atoms with Gasteiger partial charge in [0.1, 0.15) is 5.82 Å². The fourth-order valence-electron chi connectivity index (χ4n) is 2.87. The second-order valence-corrected chi connectivity index (χ2v) is 7.07. The summed E-state index contributed by atoms with van der Waals surface area (Å²) in [6.45, 7) is 4.07. The van der Waals surface area contributed by atoms with Crippen molar-refractivity contribution in [1.82, 2.24) is 15.0 Å². The summed E-state index contributed by atoms with van der Waals surface area (Å²) in [4.78, 5) is 13.7. The first-order valence-electron chi connectivity index (χ1n) is 8.69. The first-order chi connectivity index (χ1) is 12.6. The fraction of sp³-hybridized carbons (Fsp3) is 0.250. The van der Waals surface area contributed by atoms with Gasteiger partial charge in [-0.3, -0.25) is 4.98 Å².